The highest BCUT2D eigenvalue weighted by atomic mass is 15.0. The van der Waals surface area contributed by atoms with Gasteiger partial charge in [-0.2, -0.15) is 0 Å². The lowest BCUT2D eigenvalue weighted by atomic mass is 9.74. The summed E-state index contributed by atoms with van der Waals surface area (Å²) in [5.74, 6) is 0. The minimum atomic E-state index is 0.656. The Morgan fingerprint density at radius 1 is 1.10 bits per heavy atom. The van der Waals surface area contributed by atoms with Crippen LogP contribution < -0.4 is 5.32 Å². The summed E-state index contributed by atoms with van der Waals surface area (Å²) in [6, 6.07) is 0. The largest absolute Gasteiger partial charge is 0.241 e. The number of rotatable bonds is 4. The third-order valence-electron chi connectivity index (χ3n) is 2.46. The Balaban J connectivity index is 2.27. The van der Waals surface area contributed by atoms with Crippen LogP contribution in [0.2, 0.25) is 0 Å². The smallest absolute Gasteiger partial charge is 0.0203 e. The van der Waals surface area contributed by atoms with Crippen molar-refractivity contribution in [1.29, 1.82) is 0 Å². The second kappa shape index (κ2) is 3.38. The van der Waals surface area contributed by atoms with Gasteiger partial charge in [0.15, 0.2) is 0 Å². The molecule has 0 bridgehead atoms. The molecule has 0 spiro atoms. The molecule has 10 heavy (non-hydrogen) atoms. The first kappa shape index (κ1) is 8.06. The summed E-state index contributed by atoms with van der Waals surface area (Å²) in [5.41, 5.74) is 0.656. The summed E-state index contributed by atoms with van der Waals surface area (Å²) in [5, 5.41) is 4.31. The van der Waals surface area contributed by atoms with E-state index in [0.29, 0.717) is 5.41 Å². The van der Waals surface area contributed by atoms with Crippen molar-refractivity contribution in [2.24, 2.45) is 5.41 Å². The summed E-state index contributed by atoms with van der Waals surface area (Å²) in [7, 11) is 0. The van der Waals surface area contributed by atoms with Crippen LogP contribution in [0.5, 0.6) is 0 Å². The van der Waals surface area contributed by atoms with E-state index in [-0.39, 0.29) is 0 Å². The van der Waals surface area contributed by atoms with Crippen molar-refractivity contribution in [3.8, 4) is 0 Å². The van der Waals surface area contributed by atoms with E-state index in [1.807, 2.05) is 0 Å². The van der Waals surface area contributed by atoms with E-state index in [1.165, 1.54) is 25.7 Å². The van der Waals surface area contributed by atoms with Crippen LogP contribution in [0.25, 0.3) is 0 Å². The van der Waals surface area contributed by atoms with E-state index in [4.69, 9.17) is 0 Å². The van der Waals surface area contributed by atoms with Crippen LogP contribution in [-0.4, -0.2) is 13.1 Å². The molecule has 0 aromatic rings. The Kier molecular flexibility index (Phi) is 2.72. The summed E-state index contributed by atoms with van der Waals surface area (Å²) >= 11 is 0. The van der Waals surface area contributed by atoms with Gasteiger partial charge in [0.25, 0.3) is 0 Å². The predicted octanol–water partition coefficient (Wildman–Crippen LogP) is 2.19. The van der Waals surface area contributed by atoms with Crippen molar-refractivity contribution < 1.29 is 0 Å². The second-order valence-electron chi connectivity index (χ2n) is 3.54. The number of nitrogens with zero attached hydrogens (tertiary/aromatic N) is 1. The van der Waals surface area contributed by atoms with Crippen molar-refractivity contribution in [3.63, 3.8) is 0 Å². The van der Waals surface area contributed by atoms with Crippen LogP contribution in [0.1, 0.15) is 39.5 Å². The van der Waals surface area contributed by atoms with Gasteiger partial charge in [0, 0.05) is 13.1 Å². The van der Waals surface area contributed by atoms with Crippen molar-refractivity contribution in [2.75, 3.05) is 13.1 Å². The van der Waals surface area contributed by atoms with E-state index in [1.54, 1.807) is 0 Å². The predicted molar refractivity (Wildman–Crippen MR) is 44.1 cm³/mol. The first-order chi connectivity index (χ1) is 4.83. The summed E-state index contributed by atoms with van der Waals surface area (Å²) in [4.78, 5) is 0. The second-order valence-corrected chi connectivity index (χ2v) is 3.54. The van der Waals surface area contributed by atoms with Crippen LogP contribution in [0.4, 0.5) is 0 Å². The molecule has 1 fully saturated rings. The molecule has 0 saturated carbocycles. The molecular formula is C9H18N. The van der Waals surface area contributed by atoms with Crippen LogP contribution in [0.15, 0.2) is 0 Å². The molecular weight excluding hydrogens is 122 g/mol. The quantitative estimate of drug-likeness (QED) is 0.568. The van der Waals surface area contributed by atoms with Crippen LogP contribution >= 0.6 is 0 Å². The van der Waals surface area contributed by atoms with Gasteiger partial charge in [-0.15, -0.1) is 0 Å². The van der Waals surface area contributed by atoms with E-state index in [9.17, 15) is 0 Å². The normalized spacial score (nSPS) is 22.2. The molecule has 1 saturated heterocycles. The molecule has 0 unspecified atom stereocenters. The molecule has 1 heteroatoms. The number of hydrogen-bond donors (Lipinski definition) is 0. The average molecular weight is 140 g/mol. The van der Waals surface area contributed by atoms with Gasteiger partial charge in [-0.1, -0.05) is 26.7 Å². The molecule has 1 radical (unpaired) electrons. The number of hydrogen-bond acceptors (Lipinski definition) is 0. The minimum absolute atomic E-state index is 0.656. The van der Waals surface area contributed by atoms with Gasteiger partial charge in [-0.3, -0.25) is 0 Å². The first-order valence-electron chi connectivity index (χ1n) is 4.46. The molecule has 1 heterocycles. The molecule has 0 aromatic heterocycles. The monoisotopic (exact) mass is 140 g/mol. The van der Waals surface area contributed by atoms with Gasteiger partial charge in [-0.05, 0) is 18.3 Å². The Hall–Kier alpha value is -0.0400. The zero-order chi connectivity index (χ0) is 7.45. The van der Waals surface area contributed by atoms with Gasteiger partial charge in [0.2, 0.25) is 0 Å². The lowest BCUT2D eigenvalue weighted by Crippen LogP contribution is -2.48. The topological polar surface area (TPSA) is 14.1 Å². The highest BCUT2D eigenvalue weighted by molar-refractivity contribution is 4.90. The molecule has 0 aromatic carbocycles. The molecule has 0 amide bonds. The SMILES string of the molecule is CCCC1(CCC)C[N]C1. The van der Waals surface area contributed by atoms with Gasteiger partial charge in [0.05, 0.1) is 0 Å². The van der Waals surface area contributed by atoms with Crippen LogP contribution in [0, 0.1) is 5.41 Å². The van der Waals surface area contributed by atoms with E-state index < -0.39 is 0 Å². The third-order valence-corrected chi connectivity index (χ3v) is 2.46. The fourth-order valence-corrected chi connectivity index (χ4v) is 1.93. The molecule has 1 aliphatic rings. The summed E-state index contributed by atoms with van der Waals surface area (Å²) in [6.45, 7) is 6.84. The van der Waals surface area contributed by atoms with Crippen molar-refractivity contribution >= 4 is 0 Å². The standard InChI is InChI=1S/C9H18N/c1-3-5-9(6-4-2)7-10-8-9/h3-8H2,1-2H3. The fourth-order valence-electron chi connectivity index (χ4n) is 1.93. The highest BCUT2D eigenvalue weighted by Crippen LogP contribution is 2.34. The molecule has 1 rings (SSSR count). The van der Waals surface area contributed by atoms with Gasteiger partial charge >= 0.3 is 0 Å². The minimum Gasteiger partial charge on any atom is -0.241 e. The fraction of sp³-hybridized carbons (Fsp3) is 1.00. The van der Waals surface area contributed by atoms with E-state index in [2.05, 4.69) is 19.2 Å². The zero-order valence-electron chi connectivity index (χ0n) is 7.19. The molecule has 0 N–H and O–H groups in total. The first-order valence-corrected chi connectivity index (χ1v) is 4.46. The Labute approximate surface area is 64.2 Å². The Bertz CT molecular complexity index is 86.9. The third kappa shape index (κ3) is 1.51. The van der Waals surface area contributed by atoms with Gasteiger partial charge in [-0.25, -0.2) is 5.32 Å². The maximum absolute atomic E-state index is 4.31. The van der Waals surface area contributed by atoms with Gasteiger partial charge in [0.1, 0.15) is 0 Å². The molecule has 0 atom stereocenters. The van der Waals surface area contributed by atoms with Gasteiger partial charge < -0.3 is 0 Å². The summed E-state index contributed by atoms with van der Waals surface area (Å²) < 4.78 is 0. The van der Waals surface area contributed by atoms with Crippen LogP contribution in [0.3, 0.4) is 0 Å². The molecule has 1 aliphatic heterocycles. The Morgan fingerprint density at radius 3 is 1.80 bits per heavy atom. The lowest BCUT2D eigenvalue weighted by Gasteiger charge is -2.41. The zero-order valence-corrected chi connectivity index (χ0v) is 7.19. The molecule has 59 valence electrons. The molecule has 0 aliphatic carbocycles. The molecule has 1 nitrogen and oxygen atoms in total. The van der Waals surface area contributed by atoms with Crippen molar-refractivity contribution in [2.45, 2.75) is 39.5 Å². The maximum atomic E-state index is 4.31. The Morgan fingerprint density at radius 2 is 1.60 bits per heavy atom. The summed E-state index contributed by atoms with van der Waals surface area (Å²) in [6.07, 6.45) is 5.44. The maximum Gasteiger partial charge on any atom is 0.0203 e. The highest BCUT2D eigenvalue weighted by Gasteiger charge is 2.35. The lowest BCUT2D eigenvalue weighted by molar-refractivity contribution is 0.130. The van der Waals surface area contributed by atoms with Crippen molar-refractivity contribution in [1.82, 2.24) is 5.32 Å². The van der Waals surface area contributed by atoms with E-state index >= 15 is 0 Å². The van der Waals surface area contributed by atoms with E-state index in [0.717, 1.165) is 13.1 Å². The average Bonchev–Trinajstić information content (AvgIpc) is 1.84. The van der Waals surface area contributed by atoms with Crippen molar-refractivity contribution in [3.05, 3.63) is 0 Å². The van der Waals surface area contributed by atoms with Crippen LogP contribution in [-0.2, 0) is 0 Å².